The summed E-state index contributed by atoms with van der Waals surface area (Å²) in [5, 5.41) is 2.60. The van der Waals surface area contributed by atoms with Gasteiger partial charge in [-0.1, -0.05) is 24.3 Å². The zero-order valence-electron chi connectivity index (χ0n) is 16.9. The van der Waals surface area contributed by atoms with E-state index in [2.05, 4.69) is 5.32 Å². The Morgan fingerprint density at radius 1 is 0.969 bits per heavy atom. The predicted molar refractivity (Wildman–Crippen MR) is 114 cm³/mol. The summed E-state index contributed by atoms with van der Waals surface area (Å²) in [6, 6.07) is 18.5. The van der Waals surface area contributed by atoms with Gasteiger partial charge in [0.25, 0.3) is 11.8 Å². The first-order chi connectivity index (χ1) is 15.3. The molecule has 0 saturated heterocycles. The minimum absolute atomic E-state index is 0.0539. The van der Waals surface area contributed by atoms with E-state index in [-0.39, 0.29) is 11.7 Å². The molecular weight excluding hydrogens is 421 g/mol. The summed E-state index contributed by atoms with van der Waals surface area (Å²) in [6.45, 7) is 0.163. The van der Waals surface area contributed by atoms with Gasteiger partial charge in [0.05, 0.1) is 5.56 Å². The molecule has 0 radical (unpaired) electrons. The van der Waals surface area contributed by atoms with Crippen molar-refractivity contribution < 1.29 is 27.5 Å². The molecule has 8 heteroatoms. The van der Waals surface area contributed by atoms with E-state index in [1.165, 1.54) is 12.1 Å². The monoisotopic (exact) mass is 440 g/mol. The molecule has 0 saturated carbocycles. The molecule has 3 aromatic carbocycles. The normalized spacial score (nSPS) is 12.9. The van der Waals surface area contributed by atoms with Crippen molar-refractivity contribution in [3.05, 3.63) is 89.5 Å². The van der Waals surface area contributed by atoms with Crippen LogP contribution in [0.1, 0.15) is 21.5 Å². The molecule has 164 valence electrons. The van der Waals surface area contributed by atoms with Crippen molar-refractivity contribution >= 4 is 23.2 Å². The lowest BCUT2D eigenvalue weighted by molar-refractivity contribution is -0.137. The second kappa shape index (κ2) is 8.74. The number of hydrogen-bond donors (Lipinski definition) is 1. The van der Waals surface area contributed by atoms with Crippen LogP contribution >= 0.6 is 0 Å². The number of ether oxygens (including phenoxy) is 1. The molecule has 1 N–H and O–H groups in total. The van der Waals surface area contributed by atoms with Gasteiger partial charge in [0.1, 0.15) is 5.75 Å². The fourth-order valence-corrected chi connectivity index (χ4v) is 3.51. The second-order valence-corrected chi connectivity index (χ2v) is 7.28. The van der Waals surface area contributed by atoms with E-state index in [1.54, 1.807) is 29.2 Å². The Hall–Kier alpha value is -3.81. The molecule has 0 spiro atoms. The largest absolute Gasteiger partial charge is 0.484 e. The number of carbonyl (C=O) groups excluding carboxylic acids is 2. The minimum Gasteiger partial charge on any atom is -0.484 e. The first kappa shape index (κ1) is 21.4. The summed E-state index contributed by atoms with van der Waals surface area (Å²) >= 11 is 0. The van der Waals surface area contributed by atoms with Gasteiger partial charge in [-0.25, -0.2) is 0 Å². The zero-order valence-corrected chi connectivity index (χ0v) is 16.9. The molecule has 1 aliphatic rings. The lowest BCUT2D eigenvalue weighted by atomic mass is 10.1. The van der Waals surface area contributed by atoms with E-state index in [0.29, 0.717) is 17.8 Å². The number of rotatable bonds is 5. The van der Waals surface area contributed by atoms with E-state index in [1.807, 2.05) is 24.3 Å². The molecule has 0 fully saturated rings. The third-order valence-electron chi connectivity index (χ3n) is 5.08. The molecule has 5 nitrogen and oxygen atoms in total. The Labute approximate surface area is 182 Å². The minimum atomic E-state index is -4.49. The summed E-state index contributed by atoms with van der Waals surface area (Å²) in [7, 11) is 0. The number of nitrogens with one attached hydrogen (secondary N) is 1. The van der Waals surface area contributed by atoms with Crippen LogP contribution in [0.5, 0.6) is 5.75 Å². The summed E-state index contributed by atoms with van der Waals surface area (Å²) in [4.78, 5) is 26.7. The van der Waals surface area contributed by atoms with E-state index in [9.17, 15) is 22.8 Å². The number of para-hydroxylation sites is 1. The molecule has 4 rings (SSSR count). The molecular formula is C24H19F3N2O3. The molecule has 0 bridgehead atoms. The van der Waals surface area contributed by atoms with Gasteiger partial charge in [-0.15, -0.1) is 0 Å². The van der Waals surface area contributed by atoms with E-state index < -0.39 is 24.3 Å². The van der Waals surface area contributed by atoms with Gasteiger partial charge in [-0.05, 0) is 60.5 Å². The highest BCUT2D eigenvalue weighted by atomic mass is 19.4. The average molecular weight is 440 g/mol. The highest BCUT2D eigenvalue weighted by molar-refractivity contribution is 6.07. The Balaban J connectivity index is 1.34. The van der Waals surface area contributed by atoms with Crippen LogP contribution in [0.25, 0.3) is 0 Å². The lowest BCUT2D eigenvalue weighted by Gasteiger charge is -2.17. The first-order valence-electron chi connectivity index (χ1n) is 9.91. The number of nitrogens with zero attached hydrogens (tertiary/aromatic N) is 1. The standard InChI is InChI=1S/C24H19F3N2O3/c25-24(26,27)18-5-3-6-20(14-18)32-15-22(30)28-19-10-8-17(9-11-19)23(31)29-13-12-16-4-1-2-7-21(16)29/h1-11,14H,12-13,15H2,(H,28,30). The quantitative estimate of drug-likeness (QED) is 0.612. The maximum atomic E-state index is 12.8. The van der Waals surface area contributed by atoms with Gasteiger partial charge in [0.2, 0.25) is 0 Å². The van der Waals surface area contributed by atoms with Crippen molar-refractivity contribution in [1.29, 1.82) is 0 Å². The van der Waals surface area contributed by atoms with Crippen molar-refractivity contribution in [3.8, 4) is 5.75 Å². The van der Waals surface area contributed by atoms with E-state index >= 15 is 0 Å². The molecule has 2 amide bonds. The lowest BCUT2D eigenvalue weighted by Crippen LogP contribution is -2.28. The summed E-state index contributed by atoms with van der Waals surface area (Å²) < 4.78 is 43.4. The first-order valence-corrected chi connectivity index (χ1v) is 9.91. The van der Waals surface area contributed by atoms with Crippen LogP contribution in [0.2, 0.25) is 0 Å². The van der Waals surface area contributed by atoms with Crippen molar-refractivity contribution in [2.75, 3.05) is 23.4 Å². The molecule has 0 aromatic heterocycles. The van der Waals surface area contributed by atoms with Crippen molar-refractivity contribution in [1.82, 2.24) is 0 Å². The smallest absolute Gasteiger partial charge is 0.416 e. The number of amides is 2. The van der Waals surface area contributed by atoms with E-state index in [0.717, 1.165) is 29.8 Å². The maximum Gasteiger partial charge on any atom is 0.416 e. The Morgan fingerprint density at radius 2 is 1.72 bits per heavy atom. The summed E-state index contributed by atoms with van der Waals surface area (Å²) in [5.41, 5.74) is 2.12. The SMILES string of the molecule is O=C(COc1cccc(C(F)(F)F)c1)Nc1ccc(C(=O)N2CCc3ccccc32)cc1. The van der Waals surface area contributed by atoms with Crippen LogP contribution in [0.4, 0.5) is 24.5 Å². The highest BCUT2D eigenvalue weighted by Crippen LogP contribution is 2.31. The summed E-state index contributed by atoms with van der Waals surface area (Å²) in [6.07, 6.45) is -3.68. The fourth-order valence-electron chi connectivity index (χ4n) is 3.51. The van der Waals surface area contributed by atoms with Crippen molar-refractivity contribution in [2.45, 2.75) is 12.6 Å². The van der Waals surface area contributed by atoms with Gasteiger partial charge in [0, 0.05) is 23.5 Å². The van der Waals surface area contributed by atoms with Crippen molar-refractivity contribution in [2.24, 2.45) is 0 Å². The molecule has 1 heterocycles. The third kappa shape index (κ3) is 4.74. The molecule has 0 unspecified atom stereocenters. The number of carbonyl (C=O) groups is 2. The predicted octanol–water partition coefficient (Wildman–Crippen LogP) is 4.93. The van der Waals surface area contributed by atoms with Gasteiger partial charge in [-0.3, -0.25) is 9.59 Å². The number of fused-ring (bicyclic) bond motifs is 1. The van der Waals surface area contributed by atoms with Gasteiger partial charge < -0.3 is 15.0 Å². The summed E-state index contributed by atoms with van der Waals surface area (Å²) in [5.74, 6) is -0.711. The number of halogens is 3. The van der Waals surface area contributed by atoms with Crippen LogP contribution in [-0.2, 0) is 17.4 Å². The Bertz CT molecular complexity index is 1140. The van der Waals surface area contributed by atoms with Gasteiger partial charge in [-0.2, -0.15) is 13.2 Å². The number of benzene rings is 3. The number of hydrogen-bond acceptors (Lipinski definition) is 3. The van der Waals surface area contributed by atoms with Gasteiger partial charge in [0.15, 0.2) is 6.61 Å². The van der Waals surface area contributed by atoms with Crippen LogP contribution in [0, 0.1) is 0 Å². The Morgan fingerprint density at radius 3 is 2.47 bits per heavy atom. The van der Waals surface area contributed by atoms with Crippen LogP contribution < -0.4 is 15.0 Å². The fraction of sp³-hybridized carbons (Fsp3) is 0.167. The van der Waals surface area contributed by atoms with Crippen LogP contribution in [0.15, 0.2) is 72.8 Å². The maximum absolute atomic E-state index is 12.8. The molecule has 3 aromatic rings. The molecule has 32 heavy (non-hydrogen) atoms. The van der Waals surface area contributed by atoms with Crippen LogP contribution in [0.3, 0.4) is 0 Å². The number of alkyl halides is 3. The topological polar surface area (TPSA) is 58.6 Å². The molecule has 0 aliphatic carbocycles. The Kier molecular flexibility index (Phi) is 5.85. The second-order valence-electron chi connectivity index (χ2n) is 7.28. The van der Waals surface area contributed by atoms with Gasteiger partial charge >= 0.3 is 6.18 Å². The number of anilines is 2. The molecule has 1 aliphatic heterocycles. The van der Waals surface area contributed by atoms with E-state index in [4.69, 9.17) is 4.74 Å². The van der Waals surface area contributed by atoms with Crippen LogP contribution in [-0.4, -0.2) is 25.0 Å². The zero-order chi connectivity index (χ0) is 22.7. The molecule has 0 atom stereocenters. The third-order valence-corrected chi connectivity index (χ3v) is 5.08. The highest BCUT2D eigenvalue weighted by Gasteiger charge is 2.30. The van der Waals surface area contributed by atoms with Crippen molar-refractivity contribution in [3.63, 3.8) is 0 Å². The average Bonchev–Trinajstić information content (AvgIpc) is 3.22.